The smallest absolute Gasteiger partial charge is 0.295 e. The van der Waals surface area contributed by atoms with Crippen molar-refractivity contribution in [3.05, 3.63) is 82.2 Å². The van der Waals surface area contributed by atoms with Crippen molar-refractivity contribution in [1.82, 2.24) is 25.0 Å². The van der Waals surface area contributed by atoms with Gasteiger partial charge in [0, 0.05) is 60.3 Å². The van der Waals surface area contributed by atoms with Crippen molar-refractivity contribution < 1.29 is 18.8 Å². The molecular weight excluding hydrogens is 451 g/mol. The number of hydrogen-bond donors (Lipinski definition) is 1. The molecule has 9 nitrogen and oxygen atoms in total. The number of ketones is 1. The number of nitrogens with zero attached hydrogens (tertiary/aromatic N) is 5. The molecule has 2 aromatic heterocycles. The molecule has 1 atom stereocenters. The fourth-order valence-corrected chi connectivity index (χ4v) is 4.21. The number of piperazine rings is 1. The van der Waals surface area contributed by atoms with Crippen LogP contribution in [-0.4, -0.2) is 75.0 Å². The first-order chi connectivity index (χ1) is 17.0. The normalized spacial score (nSPS) is 17.4. The Morgan fingerprint density at radius 1 is 0.971 bits per heavy atom. The number of H-pyrrole nitrogens is 1. The number of carbonyl (C=O) groups is 3. The summed E-state index contributed by atoms with van der Waals surface area (Å²) in [4.78, 5) is 48.9. The van der Waals surface area contributed by atoms with Gasteiger partial charge in [-0.1, -0.05) is 18.2 Å². The maximum Gasteiger partial charge on any atom is 0.295 e. The molecule has 2 amide bonds. The SMILES string of the molecule is O=C(C(=O)N1CCN(C(=O)c2ccccc2)CC1)c1c[nH]c2c1=C(F)C=NC(c1ccnnc1)C=2. The van der Waals surface area contributed by atoms with Gasteiger partial charge in [-0.3, -0.25) is 19.4 Å². The predicted octanol–water partition coefficient (Wildman–Crippen LogP) is 0.656. The van der Waals surface area contributed by atoms with Crippen LogP contribution in [0.25, 0.3) is 11.9 Å². The first-order valence-electron chi connectivity index (χ1n) is 11.1. The van der Waals surface area contributed by atoms with Crippen molar-refractivity contribution in [2.45, 2.75) is 6.04 Å². The Morgan fingerprint density at radius 3 is 2.43 bits per heavy atom. The minimum Gasteiger partial charge on any atom is -0.361 e. The molecule has 0 bridgehead atoms. The Balaban J connectivity index is 1.33. The maximum absolute atomic E-state index is 15.0. The van der Waals surface area contributed by atoms with Crippen molar-refractivity contribution in [1.29, 1.82) is 0 Å². The van der Waals surface area contributed by atoms with Gasteiger partial charge in [0.25, 0.3) is 17.6 Å². The van der Waals surface area contributed by atoms with E-state index in [-0.39, 0.29) is 29.8 Å². The number of amides is 2. The minimum absolute atomic E-state index is 0.00880. The summed E-state index contributed by atoms with van der Waals surface area (Å²) in [6.07, 6.45) is 7.11. The van der Waals surface area contributed by atoms with Crippen LogP contribution in [0.5, 0.6) is 0 Å². The molecule has 10 heteroatoms. The molecule has 5 rings (SSSR count). The van der Waals surface area contributed by atoms with E-state index >= 15 is 0 Å². The third kappa shape index (κ3) is 4.37. The van der Waals surface area contributed by atoms with Gasteiger partial charge in [-0.15, -0.1) is 0 Å². The second kappa shape index (κ2) is 9.41. The van der Waals surface area contributed by atoms with Gasteiger partial charge in [-0.05, 0) is 24.3 Å². The van der Waals surface area contributed by atoms with Crippen molar-refractivity contribution in [2.24, 2.45) is 4.99 Å². The van der Waals surface area contributed by atoms with Gasteiger partial charge >= 0.3 is 0 Å². The van der Waals surface area contributed by atoms with Crippen LogP contribution in [0.15, 0.2) is 60.0 Å². The predicted molar refractivity (Wildman–Crippen MR) is 126 cm³/mol. The second-order valence-electron chi connectivity index (χ2n) is 8.18. The molecule has 1 aromatic carbocycles. The first kappa shape index (κ1) is 22.3. The molecule has 35 heavy (non-hydrogen) atoms. The van der Waals surface area contributed by atoms with Gasteiger partial charge in [0.1, 0.15) is 0 Å². The number of nitrogens with one attached hydrogen (secondary N) is 1. The molecule has 1 unspecified atom stereocenters. The lowest BCUT2D eigenvalue weighted by Crippen LogP contribution is -2.52. The molecule has 4 heterocycles. The van der Waals surface area contributed by atoms with Gasteiger partial charge in [0.2, 0.25) is 0 Å². The molecule has 1 fully saturated rings. The molecule has 3 aromatic rings. The lowest BCUT2D eigenvalue weighted by molar-refractivity contribution is -0.127. The highest BCUT2D eigenvalue weighted by Crippen LogP contribution is 2.18. The van der Waals surface area contributed by atoms with E-state index in [1.807, 2.05) is 6.07 Å². The van der Waals surface area contributed by atoms with Gasteiger partial charge in [0.15, 0.2) is 5.83 Å². The topological polar surface area (TPSA) is 112 Å². The maximum atomic E-state index is 15.0. The lowest BCUT2D eigenvalue weighted by atomic mass is 10.1. The van der Waals surface area contributed by atoms with Crippen LogP contribution in [0.3, 0.4) is 0 Å². The van der Waals surface area contributed by atoms with Gasteiger partial charge in [-0.2, -0.15) is 10.2 Å². The number of aromatic amines is 1. The number of halogens is 1. The number of fused-ring (bicyclic) bond motifs is 1. The van der Waals surface area contributed by atoms with E-state index < -0.39 is 23.6 Å². The molecule has 1 saturated heterocycles. The first-order valence-corrected chi connectivity index (χ1v) is 11.1. The van der Waals surface area contributed by atoms with E-state index in [4.69, 9.17) is 0 Å². The summed E-state index contributed by atoms with van der Waals surface area (Å²) in [5.74, 6) is -2.38. The molecule has 0 saturated carbocycles. The molecule has 2 aliphatic rings. The van der Waals surface area contributed by atoms with E-state index in [0.29, 0.717) is 29.6 Å². The highest BCUT2D eigenvalue weighted by molar-refractivity contribution is 6.42. The summed E-state index contributed by atoms with van der Waals surface area (Å²) in [5, 5.41) is 7.92. The molecule has 0 aliphatic carbocycles. The van der Waals surface area contributed by atoms with E-state index in [1.54, 1.807) is 41.3 Å². The average Bonchev–Trinajstić information content (AvgIpc) is 3.26. The quantitative estimate of drug-likeness (QED) is 0.443. The third-order valence-electron chi connectivity index (χ3n) is 6.08. The number of Topliss-reactive ketones (excluding diaryl/α,β-unsaturated/α-hetero) is 1. The zero-order chi connectivity index (χ0) is 24.4. The highest BCUT2D eigenvalue weighted by atomic mass is 19.1. The van der Waals surface area contributed by atoms with Crippen molar-refractivity contribution in [3.8, 4) is 0 Å². The van der Waals surface area contributed by atoms with Gasteiger partial charge in [0.05, 0.1) is 24.0 Å². The Labute approximate surface area is 199 Å². The Bertz CT molecular complexity index is 1430. The van der Waals surface area contributed by atoms with Gasteiger partial charge < -0.3 is 14.8 Å². The number of rotatable bonds is 4. The van der Waals surface area contributed by atoms with Crippen LogP contribution in [0.1, 0.15) is 32.3 Å². The fraction of sp³-hybridized carbons (Fsp3) is 0.200. The Hall–Kier alpha value is -4.47. The molecule has 0 radical (unpaired) electrons. The number of aromatic nitrogens is 3. The number of carbonyl (C=O) groups excluding carboxylic acids is 3. The van der Waals surface area contributed by atoms with Crippen molar-refractivity contribution in [3.63, 3.8) is 0 Å². The van der Waals surface area contributed by atoms with E-state index in [9.17, 15) is 18.8 Å². The summed E-state index contributed by atoms with van der Waals surface area (Å²) >= 11 is 0. The summed E-state index contributed by atoms with van der Waals surface area (Å²) in [6.45, 7) is 1.04. The number of benzene rings is 1. The van der Waals surface area contributed by atoms with E-state index in [1.165, 1.54) is 23.5 Å². The largest absolute Gasteiger partial charge is 0.361 e. The Morgan fingerprint density at radius 2 is 1.71 bits per heavy atom. The Kier molecular flexibility index (Phi) is 6.01. The van der Waals surface area contributed by atoms with Crippen molar-refractivity contribution >= 4 is 35.7 Å². The monoisotopic (exact) mass is 472 g/mol. The van der Waals surface area contributed by atoms with Crippen LogP contribution in [0.2, 0.25) is 0 Å². The van der Waals surface area contributed by atoms with Crippen LogP contribution in [0, 0.1) is 0 Å². The second-order valence-corrected chi connectivity index (χ2v) is 8.18. The van der Waals surface area contributed by atoms with Crippen LogP contribution >= 0.6 is 0 Å². The average molecular weight is 472 g/mol. The molecule has 1 N–H and O–H groups in total. The summed E-state index contributed by atoms with van der Waals surface area (Å²) in [7, 11) is 0. The summed E-state index contributed by atoms with van der Waals surface area (Å²) in [6, 6.07) is 10.1. The highest BCUT2D eigenvalue weighted by Gasteiger charge is 2.30. The van der Waals surface area contributed by atoms with E-state index in [2.05, 4.69) is 20.2 Å². The molecular formula is C25H21FN6O3. The minimum atomic E-state index is -0.814. The van der Waals surface area contributed by atoms with Crippen LogP contribution in [-0.2, 0) is 4.79 Å². The molecule has 0 spiro atoms. The summed E-state index contributed by atoms with van der Waals surface area (Å²) in [5.41, 5.74) is 1.23. The zero-order valence-corrected chi connectivity index (χ0v) is 18.6. The summed E-state index contributed by atoms with van der Waals surface area (Å²) < 4.78 is 15.0. The van der Waals surface area contributed by atoms with Gasteiger partial charge in [-0.25, -0.2) is 4.39 Å². The standard InChI is InChI=1S/C25H21FN6O3/c26-19-15-28-20(17-6-7-29-30-13-17)12-21-22(19)18(14-27-21)23(33)25(35)32-10-8-31(9-11-32)24(34)16-4-2-1-3-5-16/h1-7,12-15,20,27H,8-11H2. The van der Waals surface area contributed by atoms with Crippen molar-refractivity contribution in [2.75, 3.05) is 26.2 Å². The molecule has 176 valence electrons. The van der Waals surface area contributed by atoms with E-state index in [0.717, 1.165) is 6.21 Å². The number of aliphatic imine (C=N–C) groups is 1. The fourth-order valence-electron chi connectivity index (χ4n) is 4.21. The molecule has 2 aliphatic heterocycles. The number of hydrogen-bond acceptors (Lipinski definition) is 6. The zero-order valence-electron chi connectivity index (χ0n) is 18.6. The van der Waals surface area contributed by atoms with Crippen LogP contribution in [0.4, 0.5) is 4.39 Å². The third-order valence-corrected chi connectivity index (χ3v) is 6.08. The lowest BCUT2D eigenvalue weighted by Gasteiger charge is -2.34. The van der Waals surface area contributed by atoms with Crippen LogP contribution < -0.4 is 10.6 Å².